The Morgan fingerprint density at radius 2 is 1.96 bits per heavy atom. The molecular formula is C17H26N4O3. The number of nitrogens with one attached hydrogen (secondary N) is 1. The number of rotatable bonds is 6. The van der Waals surface area contributed by atoms with Gasteiger partial charge in [-0.3, -0.25) is 4.79 Å². The molecule has 2 fully saturated rings. The number of piperidine rings is 1. The first-order valence-corrected chi connectivity index (χ1v) is 8.87. The zero-order valence-corrected chi connectivity index (χ0v) is 14.3. The first-order valence-electron chi connectivity index (χ1n) is 8.87. The predicted molar refractivity (Wildman–Crippen MR) is 90.0 cm³/mol. The summed E-state index contributed by atoms with van der Waals surface area (Å²) in [6.45, 7) is 5.82. The molecule has 3 rings (SSSR count). The van der Waals surface area contributed by atoms with E-state index in [1.165, 1.54) is 0 Å². The molecule has 0 unspecified atom stereocenters. The smallest absolute Gasteiger partial charge is 0.271 e. The Balaban J connectivity index is 1.50. The number of aromatic nitrogens is 2. The summed E-state index contributed by atoms with van der Waals surface area (Å²) in [7, 11) is 0. The van der Waals surface area contributed by atoms with Crippen LogP contribution in [0.5, 0.6) is 0 Å². The average molecular weight is 334 g/mol. The lowest BCUT2D eigenvalue weighted by atomic mass is 10.0. The minimum absolute atomic E-state index is 0.157. The molecule has 2 aliphatic heterocycles. The molecule has 1 amide bonds. The third kappa shape index (κ3) is 4.02. The maximum absolute atomic E-state index is 12.0. The Bertz CT molecular complexity index is 533. The van der Waals surface area contributed by atoms with Crippen molar-refractivity contribution in [3.05, 3.63) is 17.8 Å². The van der Waals surface area contributed by atoms with Crippen LogP contribution < -0.4 is 10.2 Å². The van der Waals surface area contributed by atoms with Crippen molar-refractivity contribution in [3.63, 3.8) is 0 Å². The molecule has 7 heteroatoms. The van der Waals surface area contributed by atoms with Gasteiger partial charge in [-0.25, -0.2) is 0 Å². The Kier molecular flexibility index (Phi) is 5.63. The van der Waals surface area contributed by atoms with Gasteiger partial charge in [0.25, 0.3) is 5.91 Å². The number of anilines is 1. The number of carbonyl (C=O) groups excluding carboxylic acids is 1. The summed E-state index contributed by atoms with van der Waals surface area (Å²) in [4.78, 5) is 14.2. The molecule has 132 valence electrons. The summed E-state index contributed by atoms with van der Waals surface area (Å²) in [5.41, 5.74) is 0.367. The van der Waals surface area contributed by atoms with Gasteiger partial charge in [-0.1, -0.05) is 19.8 Å². The van der Waals surface area contributed by atoms with E-state index < -0.39 is 0 Å². The summed E-state index contributed by atoms with van der Waals surface area (Å²) >= 11 is 0. The molecule has 3 heterocycles. The highest BCUT2D eigenvalue weighted by molar-refractivity contribution is 5.92. The van der Waals surface area contributed by atoms with Gasteiger partial charge in [-0.05, 0) is 18.6 Å². The number of hydrogen-bond donors (Lipinski definition) is 1. The Morgan fingerprint density at radius 1 is 1.21 bits per heavy atom. The second kappa shape index (κ2) is 7.90. The van der Waals surface area contributed by atoms with E-state index in [-0.39, 0.29) is 11.7 Å². The molecule has 24 heavy (non-hydrogen) atoms. The largest absolute Gasteiger partial charge is 0.355 e. The van der Waals surface area contributed by atoms with Crippen LogP contribution in [0, 0.1) is 0 Å². The van der Waals surface area contributed by atoms with Crippen LogP contribution in [0.1, 0.15) is 49.5 Å². The summed E-state index contributed by atoms with van der Waals surface area (Å²) in [6.07, 6.45) is 4.91. The van der Waals surface area contributed by atoms with Crippen molar-refractivity contribution < 1.29 is 14.3 Å². The SMILES string of the molecule is CCCCCNC(=O)c1ccc(N2CCC3(CC2)OCCO3)nn1. The molecule has 1 spiro atoms. The molecule has 2 aliphatic rings. The number of carbonyl (C=O) groups is 1. The van der Waals surface area contributed by atoms with Gasteiger partial charge in [0.2, 0.25) is 0 Å². The van der Waals surface area contributed by atoms with E-state index in [9.17, 15) is 4.79 Å². The van der Waals surface area contributed by atoms with Crippen molar-refractivity contribution in [3.8, 4) is 0 Å². The second-order valence-corrected chi connectivity index (χ2v) is 6.33. The Labute approximate surface area is 142 Å². The molecule has 0 aliphatic carbocycles. The Hall–Kier alpha value is -1.73. The molecule has 7 nitrogen and oxygen atoms in total. The number of ether oxygens (including phenoxy) is 2. The number of hydrogen-bond acceptors (Lipinski definition) is 6. The summed E-state index contributed by atoms with van der Waals surface area (Å²) in [6, 6.07) is 3.60. The molecule has 0 radical (unpaired) electrons. The lowest BCUT2D eigenvalue weighted by Gasteiger charge is -2.37. The lowest BCUT2D eigenvalue weighted by Crippen LogP contribution is -2.45. The third-order valence-electron chi connectivity index (χ3n) is 4.61. The van der Waals surface area contributed by atoms with E-state index in [2.05, 4.69) is 27.3 Å². The molecule has 1 aromatic rings. The first-order chi connectivity index (χ1) is 11.7. The fourth-order valence-corrected chi connectivity index (χ4v) is 3.14. The van der Waals surface area contributed by atoms with Gasteiger partial charge in [0.1, 0.15) is 0 Å². The molecule has 0 atom stereocenters. The van der Waals surface area contributed by atoms with Crippen LogP contribution in [-0.2, 0) is 9.47 Å². The molecule has 0 saturated carbocycles. The van der Waals surface area contributed by atoms with Crippen molar-refractivity contribution in [2.45, 2.75) is 44.8 Å². The highest BCUT2D eigenvalue weighted by Crippen LogP contribution is 2.32. The molecule has 0 bridgehead atoms. The van der Waals surface area contributed by atoms with E-state index in [4.69, 9.17) is 9.47 Å². The summed E-state index contributed by atoms with van der Waals surface area (Å²) in [5, 5.41) is 11.2. The van der Waals surface area contributed by atoms with Gasteiger partial charge < -0.3 is 19.7 Å². The zero-order chi connectivity index (χ0) is 16.8. The van der Waals surface area contributed by atoms with Gasteiger partial charge in [0.05, 0.1) is 13.2 Å². The minimum atomic E-state index is -0.387. The van der Waals surface area contributed by atoms with Crippen molar-refractivity contribution in [2.75, 3.05) is 37.7 Å². The fourth-order valence-electron chi connectivity index (χ4n) is 3.14. The van der Waals surface area contributed by atoms with Gasteiger partial charge in [-0.15, -0.1) is 10.2 Å². The highest BCUT2D eigenvalue weighted by Gasteiger charge is 2.40. The van der Waals surface area contributed by atoms with Gasteiger partial charge in [0, 0.05) is 32.5 Å². The van der Waals surface area contributed by atoms with E-state index in [1.54, 1.807) is 6.07 Å². The van der Waals surface area contributed by atoms with E-state index >= 15 is 0 Å². The zero-order valence-electron chi connectivity index (χ0n) is 14.3. The maximum Gasteiger partial charge on any atom is 0.271 e. The van der Waals surface area contributed by atoms with Gasteiger partial charge in [-0.2, -0.15) is 0 Å². The predicted octanol–water partition coefficient (Wildman–Crippen LogP) is 1.74. The summed E-state index contributed by atoms with van der Waals surface area (Å²) < 4.78 is 11.5. The first kappa shape index (κ1) is 17.1. The number of nitrogens with zero attached hydrogens (tertiary/aromatic N) is 3. The van der Waals surface area contributed by atoms with Crippen LogP contribution in [0.25, 0.3) is 0 Å². The normalized spacial score (nSPS) is 19.6. The lowest BCUT2D eigenvalue weighted by molar-refractivity contribution is -0.169. The maximum atomic E-state index is 12.0. The summed E-state index contributed by atoms with van der Waals surface area (Å²) in [5.74, 6) is 0.253. The fraction of sp³-hybridized carbons (Fsp3) is 0.706. The van der Waals surface area contributed by atoms with Crippen LogP contribution >= 0.6 is 0 Å². The van der Waals surface area contributed by atoms with E-state index in [0.717, 1.165) is 51.0 Å². The molecule has 2 saturated heterocycles. The van der Waals surface area contributed by atoms with Crippen molar-refractivity contribution in [2.24, 2.45) is 0 Å². The van der Waals surface area contributed by atoms with E-state index in [0.29, 0.717) is 25.5 Å². The van der Waals surface area contributed by atoms with Crippen LogP contribution in [-0.4, -0.2) is 54.7 Å². The van der Waals surface area contributed by atoms with E-state index in [1.807, 2.05) is 6.07 Å². The second-order valence-electron chi connectivity index (χ2n) is 6.33. The van der Waals surface area contributed by atoms with Crippen LogP contribution in [0.2, 0.25) is 0 Å². The van der Waals surface area contributed by atoms with Gasteiger partial charge >= 0.3 is 0 Å². The number of unbranched alkanes of at least 4 members (excludes halogenated alkanes) is 2. The monoisotopic (exact) mass is 334 g/mol. The topological polar surface area (TPSA) is 76.6 Å². The van der Waals surface area contributed by atoms with Crippen molar-refractivity contribution in [1.29, 1.82) is 0 Å². The molecule has 1 aromatic heterocycles. The average Bonchev–Trinajstić information content (AvgIpc) is 3.07. The van der Waals surface area contributed by atoms with Crippen molar-refractivity contribution in [1.82, 2.24) is 15.5 Å². The Morgan fingerprint density at radius 3 is 2.58 bits per heavy atom. The van der Waals surface area contributed by atoms with Crippen LogP contribution in [0.4, 0.5) is 5.82 Å². The number of amides is 1. The van der Waals surface area contributed by atoms with Crippen LogP contribution in [0.15, 0.2) is 12.1 Å². The highest BCUT2D eigenvalue weighted by atomic mass is 16.7. The molecule has 1 N–H and O–H groups in total. The standard InChI is InChI=1S/C17H26N4O3/c1-2-3-4-9-18-16(22)14-5-6-15(20-19-14)21-10-7-17(8-11-21)23-12-13-24-17/h5-6H,2-4,7-13H2,1H3,(H,18,22). The van der Waals surface area contributed by atoms with Crippen LogP contribution in [0.3, 0.4) is 0 Å². The third-order valence-corrected chi connectivity index (χ3v) is 4.61. The minimum Gasteiger partial charge on any atom is -0.355 e. The molecular weight excluding hydrogens is 308 g/mol. The van der Waals surface area contributed by atoms with Gasteiger partial charge in [0.15, 0.2) is 17.3 Å². The quantitative estimate of drug-likeness (QED) is 0.799. The molecule has 0 aromatic carbocycles. The van der Waals surface area contributed by atoms with Crippen molar-refractivity contribution >= 4 is 11.7 Å².